The summed E-state index contributed by atoms with van der Waals surface area (Å²) in [4.78, 5) is 2.61. The van der Waals surface area contributed by atoms with Gasteiger partial charge in [-0.3, -0.25) is 4.90 Å². The van der Waals surface area contributed by atoms with E-state index in [-0.39, 0.29) is 0 Å². The van der Waals surface area contributed by atoms with Gasteiger partial charge in [0.25, 0.3) is 0 Å². The highest BCUT2D eigenvalue weighted by Gasteiger charge is 2.20. The van der Waals surface area contributed by atoms with Gasteiger partial charge in [0.1, 0.15) is 0 Å². The molecule has 0 saturated carbocycles. The van der Waals surface area contributed by atoms with Crippen LogP contribution in [0.4, 0.5) is 0 Å². The molecule has 3 nitrogen and oxygen atoms in total. The molecule has 84 valence electrons. The summed E-state index contributed by atoms with van der Waals surface area (Å²) in [6, 6.07) is 0.755. The smallest absolute Gasteiger partial charge is 0.0474 e. The highest BCUT2D eigenvalue weighted by atomic mass is 16.5. The summed E-state index contributed by atoms with van der Waals surface area (Å²) in [5, 5.41) is 3.28. The zero-order valence-electron chi connectivity index (χ0n) is 9.59. The molecule has 0 amide bonds. The van der Waals surface area contributed by atoms with Crippen LogP contribution in [0.15, 0.2) is 0 Å². The van der Waals surface area contributed by atoms with E-state index in [9.17, 15) is 0 Å². The molecular weight excluding hydrogens is 176 g/mol. The summed E-state index contributed by atoms with van der Waals surface area (Å²) in [7, 11) is 3.82. The van der Waals surface area contributed by atoms with Gasteiger partial charge in [-0.05, 0) is 32.9 Å². The predicted molar refractivity (Wildman–Crippen MR) is 59.6 cm³/mol. The fraction of sp³-hybridized carbons (Fsp3) is 1.00. The van der Waals surface area contributed by atoms with Gasteiger partial charge < -0.3 is 10.1 Å². The van der Waals surface area contributed by atoms with Crippen LogP contribution in [0.1, 0.15) is 25.7 Å². The number of nitrogens with zero attached hydrogens (tertiary/aromatic N) is 1. The minimum Gasteiger partial charge on any atom is -0.385 e. The lowest BCUT2D eigenvalue weighted by atomic mass is 10.0. The van der Waals surface area contributed by atoms with Crippen molar-refractivity contribution >= 4 is 0 Å². The van der Waals surface area contributed by atoms with E-state index in [4.69, 9.17) is 4.74 Å². The van der Waals surface area contributed by atoms with Gasteiger partial charge >= 0.3 is 0 Å². The summed E-state index contributed by atoms with van der Waals surface area (Å²) >= 11 is 0. The molecule has 1 aliphatic heterocycles. The van der Waals surface area contributed by atoms with Gasteiger partial charge in [0.15, 0.2) is 0 Å². The van der Waals surface area contributed by atoms with Crippen LogP contribution in [0.3, 0.4) is 0 Å². The van der Waals surface area contributed by atoms with Gasteiger partial charge in [0.2, 0.25) is 0 Å². The number of ether oxygens (including phenoxy) is 1. The molecule has 0 radical (unpaired) electrons. The lowest BCUT2D eigenvalue weighted by molar-refractivity contribution is 0.122. The third-order valence-electron chi connectivity index (χ3n) is 2.98. The van der Waals surface area contributed by atoms with Crippen LogP contribution in [-0.4, -0.2) is 51.3 Å². The number of piperidine rings is 1. The van der Waals surface area contributed by atoms with E-state index in [2.05, 4.69) is 10.2 Å². The molecule has 1 saturated heterocycles. The van der Waals surface area contributed by atoms with Crippen LogP contribution < -0.4 is 5.32 Å². The van der Waals surface area contributed by atoms with E-state index in [0.29, 0.717) is 0 Å². The average molecular weight is 200 g/mol. The molecule has 1 N–H and O–H groups in total. The maximum Gasteiger partial charge on any atom is 0.0474 e. The molecule has 0 aromatic carbocycles. The number of nitrogens with one attached hydrogen (secondary N) is 1. The van der Waals surface area contributed by atoms with Crippen molar-refractivity contribution in [1.29, 1.82) is 0 Å². The Bertz CT molecular complexity index is 139. The quantitative estimate of drug-likeness (QED) is 0.650. The zero-order chi connectivity index (χ0) is 10.2. The van der Waals surface area contributed by atoms with Gasteiger partial charge in [-0.2, -0.15) is 0 Å². The second-order valence-corrected chi connectivity index (χ2v) is 4.09. The van der Waals surface area contributed by atoms with Crippen LogP contribution in [0.25, 0.3) is 0 Å². The number of hydrogen-bond acceptors (Lipinski definition) is 3. The Morgan fingerprint density at radius 3 is 3.00 bits per heavy atom. The van der Waals surface area contributed by atoms with Crippen molar-refractivity contribution in [3.63, 3.8) is 0 Å². The summed E-state index contributed by atoms with van der Waals surface area (Å²) < 4.78 is 5.09. The number of rotatable bonds is 6. The highest BCUT2D eigenvalue weighted by molar-refractivity contribution is 4.77. The largest absolute Gasteiger partial charge is 0.385 e. The van der Waals surface area contributed by atoms with E-state index in [1.807, 2.05) is 7.05 Å². The minimum atomic E-state index is 0.755. The van der Waals surface area contributed by atoms with Gasteiger partial charge in [0.05, 0.1) is 0 Å². The molecule has 1 aliphatic rings. The van der Waals surface area contributed by atoms with E-state index < -0.39 is 0 Å². The second kappa shape index (κ2) is 7.21. The van der Waals surface area contributed by atoms with Crippen molar-refractivity contribution in [1.82, 2.24) is 10.2 Å². The first kappa shape index (κ1) is 12.0. The van der Waals surface area contributed by atoms with Crippen molar-refractivity contribution in [2.45, 2.75) is 31.7 Å². The van der Waals surface area contributed by atoms with Crippen LogP contribution >= 0.6 is 0 Å². The molecule has 0 aromatic heterocycles. The molecule has 1 atom stereocenters. The van der Waals surface area contributed by atoms with Crippen molar-refractivity contribution in [3.8, 4) is 0 Å². The molecule has 1 unspecified atom stereocenters. The van der Waals surface area contributed by atoms with Gasteiger partial charge in [-0.15, -0.1) is 0 Å². The maximum atomic E-state index is 5.09. The molecule has 0 spiro atoms. The van der Waals surface area contributed by atoms with Crippen molar-refractivity contribution in [3.05, 3.63) is 0 Å². The Labute approximate surface area is 87.8 Å². The van der Waals surface area contributed by atoms with Crippen molar-refractivity contribution in [2.75, 3.05) is 40.4 Å². The number of likely N-dealkylation sites (N-methyl/N-ethyl adjacent to an activating group) is 1. The summed E-state index contributed by atoms with van der Waals surface area (Å²) in [6.45, 7) is 4.49. The molecule has 0 aliphatic carbocycles. The van der Waals surface area contributed by atoms with Gasteiger partial charge in [0, 0.05) is 32.8 Å². The first-order chi connectivity index (χ1) is 6.88. The van der Waals surface area contributed by atoms with E-state index in [0.717, 1.165) is 25.6 Å². The predicted octanol–water partition coefficient (Wildman–Crippen LogP) is 1.10. The second-order valence-electron chi connectivity index (χ2n) is 4.09. The Balaban J connectivity index is 2.22. The lowest BCUT2D eigenvalue weighted by Gasteiger charge is -2.35. The van der Waals surface area contributed by atoms with E-state index in [1.54, 1.807) is 7.11 Å². The molecule has 1 rings (SSSR count). The van der Waals surface area contributed by atoms with Crippen LogP contribution in [0.5, 0.6) is 0 Å². The SMILES string of the molecule is CNCC1CCCCN1CCCOC. The minimum absolute atomic E-state index is 0.755. The summed E-state index contributed by atoms with van der Waals surface area (Å²) in [5.74, 6) is 0. The van der Waals surface area contributed by atoms with Crippen molar-refractivity contribution in [2.24, 2.45) is 0 Å². The molecule has 1 heterocycles. The number of hydrogen-bond donors (Lipinski definition) is 1. The van der Waals surface area contributed by atoms with E-state index >= 15 is 0 Å². The molecule has 1 fully saturated rings. The number of methoxy groups -OCH3 is 1. The topological polar surface area (TPSA) is 24.5 Å². The first-order valence-electron chi connectivity index (χ1n) is 5.76. The van der Waals surface area contributed by atoms with E-state index in [1.165, 1.54) is 32.4 Å². The van der Waals surface area contributed by atoms with Crippen LogP contribution in [0, 0.1) is 0 Å². The Morgan fingerprint density at radius 1 is 1.43 bits per heavy atom. The standard InChI is InChI=1S/C11H24N2O/c1-12-10-11-6-3-4-7-13(11)8-5-9-14-2/h11-12H,3-10H2,1-2H3. The van der Waals surface area contributed by atoms with Crippen LogP contribution in [0.2, 0.25) is 0 Å². The lowest BCUT2D eigenvalue weighted by Crippen LogP contribution is -2.45. The van der Waals surface area contributed by atoms with Crippen molar-refractivity contribution < 1.29 is 4.74 Å². The highest BCUT2D eigenvalue weighted by Crippen LogP contribution is 2.16. The molecular formula is C11H24N2O. The first-order valence-corrected chi connectivity index (χ1v) is 5.76. The third-order valence-corrected chi connectivity index (χ3v) is 2.98. The maximum absolute atomic E-state index is 5.09. The fourth-order valence-electron chi connectivity index (χ4n) is 2.23. The third kappa shape index (κ3) is 3.95. The Kier molecular flexibility index (Phi) is 6.15. The zero-order valence-corrected chi connectivity index (χ0v) is 9.59. The average Bonchev–Trinajstić information content (AvgIpc) is 2.21. The number of likely N-dealkylation sites (tertiary alicyclic amines) is 1. The monoisotopic (exact) mass is 200 g/mol. The van der Waals surface area contributed by atoms with Gasteiger partial charge in [-0.25, -0.2) is 0 Å². The molecule has 0 bridgehead atoms. The molecule has 14 heavy (non-hydrogen) atoms. The molecule has 3 heteroatoms. The van der Waals surface area contributed by atoms with Crippen LogP contribution in [-0.2, 0) is 4.74 Å². The Hall–Kier alpha value is -0.120. The summed E-state index contributed by atoms with van der Waals surface area (Å²) in [6.07, 6.45) is 5.28. The summed E-state index contributed by atoms with van der Waals surface area (Å²) in [5.41, 5.74) is 0. The van der Waals surface area contributed by atoms with Gasteiger partial charge in [-0.1, -0.05) is 6.42 Å². The Morgan fingerprint density at radius 2 is 2.29 bits per heavy atom. The fourth-order valence-corrected chi connectivity index (χ4v) is 2.23. The molecule has 0 aromatic rings. The normalized spacial score (nSPS) is 24.0.